The van der Waals surface area contributed by atoms with Gasteiger partial charge in [-0.2, -0.15) is 18.4 Å². The molecule has 1 aliphatic rings. The van der Waals surface area contributed by atoms with Crippen LogP contribution in [0, 0.1) is 16.7 Å². The van der Waals surface area contributed by atoms with Gasteiger partial charge in [0, 0.05) is 0 Å². The van der Waals surface area contributed by atoms with Gasteiger partial charge < -0.3 is 0 Å². The summed E-state index contributed by atoms with van der Waals surface area (Å²) in [6.07, 6.45) is 0.0396. The lowest BCUT2D eigenvalue weighted by atomic mass is 9.81. The van der Waals surface area contributed by atoms with Crippen LogP contribution in [0.5, 0.6) is 0 Å². The number of alkyl halides is 3. The van der Waals surface area contributed by atoms with Crippen molar-refractivity contribution in [2.45, 2.75) is 38.3 Å². The second-order valence-corrected chi connectivity index (χ2v) is 4.97. The van der Waals surface area contributed by atoms with Crippen LogP contribution < -0.4 is 0 Å². The maximum absolute atomic E-state index is 12.4. The van der Waals surface area contributed by atoms with Crippen LogP contribution >= 0.6 is 0 Å². The van der Waals surface area contributed by atoms with Crippen molar-refractivity contribution < 1.29 is 13.2 Å². The van der Waals surface area contributed by atoms with Gasteiger partial charge in [0.25, 0.3) is 0 Å². The van der Waals surface area contributed by atoms with E-state index in [2.05, 4.69) is 6.07 Å². The van der Waals surface area contributed by atoms with Crippen molar-refractivity contribution >= 4 is 0 Å². The van der Waals surface area contributed by atoms with Gasteiger partial charge in [-0.1, -0.05) is 25.0 Å². The summed E-state index contributed by atoms with van der Waals surface area (Å²) in [5.74, 6) is 0. The Kier molecular flexibility index (Phi) is 3.34. The molecule has 0 aliphatic heterocycles. The average Bonchev–Trinajstić information content (AvgIpc) is 2.78. The van der Waals surface area contributed by atoms with Gasteiger partial charge in [-0.05, 0) is 37.0 Å². The summed E-state index contributed by atoms with van der Waals surface area (Å²) in [4.78, 5) is 0. The molecule has 0 amide bonds. The van der Waals surface area contributed by atoms with Gasteiger partial charge >= 0.3 is 6.18 Å². The molecule has 0 atom stereocenters. The highest BCUT2D eigenvalue weighted by Crippen LogP contribution is 2.40. The van der Waals surface area contributed by atoms with E-state index in [0.29, 0.717) is 6.42 Å². The first-order chi connectivity index (χ1) is 8.45. The Morgan fingerprint density at radius 2 is 1.67 bits per heavy atom. The molecule has 4 heteroatoms. The minimum atomic E-state index is -4.29. The monoisotopic (exact) mass is 253 g/mol. The molecule has 0 radical (unpaired) electrons. The lowest BCUT2D eigenvalue weighted by Crippen LogP contribution is -2.17. The van der Waals surface area contributed by atoms with Crippen molar-refractivity contribution in [3.05, 3.63) is 35.4 Å². The molecule has 1 aromatic carbocycles. The summed E-state index contributed by atoms with van der Waals surface area (Å²) in [5, 5.41) is 9.23. The molecule has 96 valence electrons. The van der Waals surface area contributed by atoms with E-state index < -0.39 is 11.7 Å². The molecule has 1 saturated carbocycles. The van der Waals surface area contributed by atoms with Crippen molar-refractivity contribution in [1.82, 2.24) is 0 Å². The quantitative estimate of drug-likeness (QED) is 0.769. The molecular weight excluding hydrogens is 239 g/mol. The van der Waals surface area contributed by atoms with E-state index in [1.165, 1.54) is 12.1 Å². The van der Waals surface area contributed by atoms with Crippen molar-refractivity contribution in [2.75, 3.05) is 0 Å². The summed E-state index contributed by atoms with van der Waals surface area (Å²) in [6, 6.07) is 7.51. The van der Waals surface area contributed by atoms with Crippen LogP contribution in [0.2, 0.25) is 0 Å². The molecule has 0 N–H and O–H groups in total. The van der Waals surface area contributed by atoms with Crippen molar-refractivity contribution in [1.29, 1.82) is 5.26 Å². The molecule has 18 heavy (non-hydrogen) atoms. The zero-order chi connectivity index (χ0) is 13.2. The molecule has 1 aromatic rings. The van der Waals surface area contributed by atoms with Crippen LogP contribution in [0.25, 0.3) is 0 Å². The van der Waals surface area contributed by atoms with Gasteiger partial charge in [0.15, 0.2) is 0 Å². The highest BCUT2D eigenvalue weighted by molar-refractivity contribution is 5.26. The molecule has 1 aliphatic carbocycles. The SMILES string of the molecule is N#CC1(Cc2ccc(C(F)(F)F)cc2)CCCC1. The van der Waals surface area contributed by atoms with Gasteiger partial charge in [-0.25, -0.2) is 0 Å². The van der Waals surface area contributed by atoms with E-state index >= 15 is 0 Å². The van der Waals surface area contributed by atoms with Crippen LogP contribution in [0.15, 0.2) is 24.3 Å². The normalized spacial score (nSPS) is 18.6. The van der Waals surface area contributed by atoms with Gasteiger partial charge in [0.1, 0.15) is 0 Å². The Hall–Kier alpha value is -1.50. The van der Waals surface area contributed by atoms with E-state index in [1.54, 1.807) is 0 Å². The molecule has 0 saturated heterocycles. The zero-order valence-electron chi connectivity index (χ0n) is 9.93. The third-order valence-electron chi connectivity index (χ3n) is 3.62. The maximum atomic E-state index is 12.4. The Morgan fingerprint density at radius 3 is 2.11 bits per heavy atom. The molecular formula is C14H14F3N. The highest BCUT2D eigenvalue weighted by Gasteiger charge is 2.34. The number of hydrogen-bond acceptors (Lipinski definition) is 1. The van der Waals surface area contributed by atoms with Crippen molar-refractivity contribution in [3.8, 4) is 6.07 Å². The molecule has 0 aromatic heterocycles. The second kappa shape index (κ2) is 4.64. The average molecular weight is 253 g/mol. The Morgan fingerprint density at radius 1 is 1.11 bits per heavy atom. The Labute approximate surface area is 104 Å². The first kappa shape index (κ1) is 12.9. The number of hydrogen-bond donors (Lipinski definition) is 0. The second-order valence-electron chi connectivity index (χ2n) is 4.97. The van der Waals surface area contributed by atoms with Gasteiger partial charge in [0.05, 0.1) is 17.0 Å². The summed E-state index contributed by atoms with van der Waals surface area (Å²) >= 11 is 0. The number of nitriles is 1. The minimum absolute atomic E-state index is 0.361. The fourth-order valence-electron chi connectivity index (χ4n) is 2.58. The van der Waals surface area contributed by atoms with E-state index in [1.807, 2.05) is 0 Å². The standard InChI is InChI=1S/C14H14F3N/c15-14(16,17)12-5-3-11(4-6-12)9-13(10-18)7-1-2-8-13/h3-6H,1-2,7-9H2. The predicted octanol–water partition coefficient (Wildman–Crippen LogP) is 4.33. The third-order valence-corrected chi connectivity index (χ3v) is 3.62. The van der Waals surface area contributed by atoms with E-state index in [9.17, 15) is 18.4 Å². The fourth-order valence-corrected chi connectivity index (χ4v) is 2.58. The Bertz CT molecular complexity index is 447. The molecule has 0 heterocycles. The van der Waals surface area contributed by atoms with Crippen LogP contribution in [0.1, 0.15) is 36.8 Å². The smallest absolute Gasteiger partial charge is 0.198 e. The lowest BCUT2D eigenvalue weighted by Gasteiger charge is -2.20. The van der Waals surface area contributed by atoms with Gasteiger partial charge in [0.2, 0.25) is 0 Å². The van der Waals surface area contributed by atoms with Gasteiger partial charge in [-0.15, -0.1) is 0 Å². The molecule has 1 fully saturated rings. The summed E-state index contributed by atoms with van der Waals surface area (Å²) in [6.45, 7) is 0. The lowest BCUT2D eigenvalue weighted by molar-refractivity contribution is -0.137. The van der Waals surface area contributed by atoms with E-state index in [-0.39, 0.29) is 5.41 Å². The maximum Gasteiger partial charge on any atom is 0.416 e. The van der Waals surface area contributed by atoms with Gasteiger partial charge in [-0.3, -0.25) is 0 Å². The number of rotatable bonds is 2. The predicted molar refractivity (Wildman–Crippen MR) is 61.7 cm³/mol. The van der Waals surface area contributed by atoms with Crippen molar-refractivity contribution in [3.63, 3.8) is 0 Å². The van der Waals surface area contributed by atoms with Crippen LogP contribution in [-0.2, 0) is 12.6 Å². The Balaban J connectivity index is 2.14. The molecule has 0 bridgehead atoms. The van der Waals surface area contributed by atoms with Crippen LogP contribution in [0.3, 0.4) is 0 Å². The van der Waals surface area contributed by atoms with Crippen molar-refractivity contribution in [2.24, 2.45) is 5.41 Å². The topological polar surface area (TPSA) is 23.8 Å². The summed E-state index contributed by atoms with van der Waals surface area (Å²) < 4.78 is 37.2. The number of nitrogens with zero attached hydrogens (tertiary/aromatic N) is 1. The van der Waals surface area contributed by atoms with E-state index in [0.717, 1.165) is 43.4 Å². The fraction of sp³-hybridized carbons (Fsp3) is 0.500. The zero-order valence-corrected chi connectivity index (χ0v) is 9.93. The third kappa shape index (κ3) is 2.66. The molecule has 0 unspecified atom stereocenters. The molecule has 0 spiro atoms. The summed E-state index contributed by atoms with van der Waals surface area (Å²) in [7, 11) is 0. The van der Waals surface area contributed by atoms with Crippen LogP contribution in [-0.4, -0.2) is 0 Å². The number of halogens is 3. The highest BCUT2D eigenvalue weighted by atomic mass is 19.4. The van der Waals surface area contributed by atoms with E-state index in [4.69, 9.17) is 0 Å². The largest absolute Gasteiger partial charge is 0.416 e. The number of benzene rings is 1. The van der Waals surface area contributed by atoms with Crippen LogP contribution in [0.4, 0.5) is 13.2 Å². The molecule has 2 rings (SSSR count). The molecule has 1 nitrogen and oxygen atoms in total. The minimum Gasteiger partial charge on any atom is -0.198 e. The summed E-state index contributed by atoms with van der Waals surface area (Å²) in [5.41, 5.74) is -0.185. The first-order valence-electron chi connectivity index (χ1n) is 6.03. The first-order valence-corrected chi connectivity index (χ1v) is 6.03.